The van der Waals surface area contributed by atoms with Gasteiger partial charge in [0, 0.05) is 12.6 Å². The van der Waals surface area contributed by atoms with Gasteiger partial charge in [-0.25, -0.2) is 0 Å². The first-order valence-electron chi connectivity index (χ1n) is 5.19. The van der Waals surface area contributed by atoms with E-state index in [2.05, 4.69) is 16.2 Å². The minimum Gasteiger partial charge on any atom is -0.469 e. The molecule has 1 aliphatic heterocycles. The molecule has 80 valence electrons. The van der Waals surface area contributed by atoms with Gasteiger partial charge in [0.25, 0.3) is 0 Å². The van der Waals surface area contributed by atoms with Crippen LogP contribution in [0.2, 0.25) is 0 Å². The lowest BCUT2D eigenvalue weighted by molar-refractivity contribution is -0.142. The van der Waals surface area contributed by atoms with E-state index in [9.17, 15) is 4.79 Å². The zero-order valence-electron chi connectivity index (χ0n) is 8.87. The summed E-state index contributed by atoms with van der Waals surface area (Å²) in [5.74, 6) is -0.106. The van der Waals surface area contributed by atoms with Crippen molar-refractivity contribution >= 4 is 5.97 Å². The smallest absolute Gasteiger partial charge is 0.307 e. The molecule has 0 saturated carbocycles. The molecule has 14 heavy (non-hydrogen) atoms. The lowest BCUT2D eigenvalue weighted by atomic mass is 9.99. The van der Waals surface area contributed by atoms with Gasteiger partial charge in [-0.15, -0.1) is 6.58 Å². The molecule has 1 fully saturated rings. The topological polar surface area (TPSA) is 29.5 Å². The lowest BCUT2D eigenvalue weighted by Gasteiger charge is -2.34. The zero-order chi connectivity index (χ0) is 10.4. The predicted octanol–water partition coefficient (Wildman–Crippen LogP) is 1.59. The molecule has 1 atom stereocenters. The van der Waals surface area contributed by atoms with Crippen LogP contribution < -0.4 is 0 Å². The van der Waals surface area contributed by atoms with Crippen LogP contribution in [0.4, 0.5) is 0 Å². The number of nitrogens with zero attached hydrogens (tertiary/aromatic N) is 1. The summed E-state index contributed by atoms with van der Waals surface area (Å²) < 4.78 is 4.69. The highest BCUT2D eigenvalue weighted by molar-refractivity contribution is 5.69. The number of hydrogen-bond donors (Lipinski definition) is 0. The van der Waals surface area contributed by atoms with Crippen LogP contribution in [0.25, 0.3) is 0 Å². The Labute approximate surface area is 85.7 Å². The quantitative estimate of drug-likeness (QED) is 0.506. The number of hydrogen-bond acceptors (Lipinski definition) is 3. The van der Waals surface area contributed by atoms with Crippen LogP contribution in [0.1, 0.15) is 25.7 Å². The van der Waals surface area contributed by atoms with E-state index in [0.717, 1.165) is 19.5 Å². The summed E-state index contributed by atoms with van der Waals surface area (Å²) in [5.41, 5.74) is 0. The summed E-state index contributed by atoms with van der Waals surface area (Å²) in [6, 6.07) is 0.356. The fourth-order valence-corrected chi connectivity index (χ4v) is 1.97. The second-order valence-electron chi connectivity index (χ2n) is 3.71. The van der Waals surface area contributed by atoms with Crippen molar-refractivity contribution in [2.24, 2.45) is 0 Å². The van der Waals surface area contributed by atoms with Gasteiger partial charge in [-0.2, -0.15) is 0 Å². The molecule has 1 saturated heterocycles. The third-order valence-corrected chi connectivity index (χ3v) is 2.74. The first-order chi connectivity index (χ1) is 6.77. The van der Waals surface area contributed by atoms with Gasteiger partial charge in [0.2, 0.25) is 0 Å². The molecule has 0 radical (unpaired) electrons. The normalized spacial score (nSPS) is 23.1. The van der Waals surface area contributed by atoms with Crippen molar-refractivity contribution in [3.8, 4) is 0 Å². The average Bonchev–Trinajstić information content (AvgIpc) is 2.21. The van der Waals surface area contributed by atoms with Gasteiger partial charge in [-0.3, -0.25) is 9.69 Å². The predicted molar refractivity (Wildman–Crippen MR) is 56.0 cm³/mol. The molecule has 0 spiro atoms. The Balaban J connectivity index is 2.44. The third-order valence-electron chi connectivity index (χ3n) is 2.74. The van der Waals surface area contributed by atoms with Gasteiger partial charge < -0.3 is 4.74 Å². The number of carbonyl (C=O) groups excluding carboxylic acids is 1. The minimum atomic E-state index is -0.106. The molecule has 3 nitrogen and oxygen atoms in total. The van der Waals surface area contributed by atoms with Crippen LogP contribution in [0.5, 0.6) is 0 Å². The second kappa shape index (κ2) is 5.81. The second-order valence-corrected chi connectivity index (χ2v) is 3.71. The summed E-state index contributed by atoms with van der Waals surface area (Å²) >= 11 is 0. The molecule has 1 unspecified atom stereocenters. The molecule has 0 aliphatic carbocycles. The third kappa shape index (κ3) is 3.14. The Hall–Kier alpha value is -0.830. The molecule has 1 rings (SSSR count). The molecule has 0 N–H and O–H groups in total. The molecule has 3 heteroatoms. The van der Waals surface area contributed by atoms with Crippen LogP contribution >= 0.6 is 0 Å². The molecule has 0 aromatic carbocycles. The summed E-state index contributed by atoms with van der Waals surface area (Å²) in [5, 5.41) is 0. The molecule has 0 aromatic rings. The number of methoxy groups -OCH3 is 1. The van der Waals surface area contributed by atoms with E-state index in [1.807, 2.05) is 6.08 Å². The van der Waals surface area contributed by atoms with Crippen LogP contribution in [-0.2, 0) is 9.53 Å². The van der Waals surface area contributed by atoms with Crippen molar-refractivity contribution in [3.63, 3.8) is 0 Å². The zero-order valence-corrected chi connectivity index (χ0v) is 8.87. The highest BCUT2D eigenvalue weighted by Crippen LogP contribution is 2.19. The molecule has 0 aromatic heterocycles. The molecule has 0 amide bonds. The van der Waals surface area contributed by atoms with Gasteiger partial charge in [0.1, 0.15) is 0 Å². The van der Waals surface area contributed by atoms with E-state index in [4.69, 9.17) is 0 Å². The molecular weight excluding hydrogens is 178 g/mol. The number of esters is 1. The fourth-order valence-electron chi connectivity index (χ4n) is 1.97. The highest BCUT2D eigenvalue weighted by Gasteiger charge is 2.23. The monoisotopic (exact) mass is 197 g/mol. The summed E-state index contributed by atoms with van der Waals surface area (Å²) in [6.07, 6.45) is 5.96. The maximum absolute atomic E-state index is 11.2. The van der Waals surface area contributed by atoms with Gasteiger partial charge in [-0.1, -0.05) is 12.5 Å². The number of likely N-dealkylation sites (tertiary alicyclic amines) is 1. The van der Waals surface area contributed by atoms with Crippen molar-refractivity contribution in [2.45, 2.75) is 31.7 Å². The summed E-state index contributed by atoms with van der Waals surface area (Å²) in [4.78, 5) is 13.5. The Morgan fingerprint density at radius 3 is 3.07 bits per heavy atom. The van der Waals surface area contributed by atoms with E-state index in [1.54, 1.807) is 0 Å². The van der Waals surface area contributed by atoms with Crippen LogP contribution in [0, 0.1) is 0 Å². The fraction of sp³-hybridized carbons (Fsp3) is 0.727. The average molecular weight is 197 g/mol. The first kappa shape index (κ1) is 11.2. The highest BCUT2D eigenvalue weighted by atomic mass is 16.5. The maximum atomic E-state index is 11.2. The SMILES string of the molecule is C=CCN1CCCCC1CC(=O)OC. The van der Waals surface area contributed by atoms with Crippen molar-refractivity contribution in [3.05, 3.63) is 12.7 Å². The van der Waals surface area contributed by atoms with Crippen molar-refractivity contribution in [1.29, 1.82) is 0 Å². The van der Waals surface area contributed by atoms with Gasteiger partial charge in [0.05, 0.1) is 13.5 Å². The Bertz CT molecular complexity index is 203. The van der Waals surface area contributed by atoms with E-state index >= 15 is 0 Å². The van der Waals surface area contributed by atoms with Crippen LogP contribution in [-0.4, -0.2) is 37.1 Å². The van der Waals surface area contributed by atoms with Crippen molar-refractivity contribution in [2.75, 3.05) is 20.2 Å². The van der Waals surface area contributed by atoms with Crippen LogP contribution in [0.3, 0.4) is 0 Å². The van der Waals surface area contributed by atoms with E-state index in [1.165, 1.54) is 20.0 Å². The van der Waals surface area contributed by atoms with Gasteiger partial charge in [0.15, 0.2) is 0 Å². The largest absolute Gasteiger partial charge is 0.469 e. The summed E-state index contributed by atoms with van der Waals surface area (Å²) in [6.45, 7) is 5.68. The summed E-state index contributed by atoms with van der Waals surface area (Å²) in [7, 11) is 1.45. The van der Waals surface area contributed by atoms with E-state index in [-0.39, 0.29) is 5.97 Å². The standard InChI is InChI=1S/C11H19NO2/c1-3-7-12-8-5-4-6-10(12)9-11(13)14-2/h3,10H,1,4-9H2,2H3. The van der Waals surface area contributed by atoms with Crippen molar-refractivity contribution in [1.82, 2.24) is 4.90 Å². The van der Waals surface area contributed by atoms with Crippen molar-refractivity contribution < 1.29 is 9.53 Å². The Morgan fingerprint density at radius 2 is 2.43 bits per heavy atom. The molecular formula is C11H19NO2. The molecule has 1 aliphatic rings. The molecule has 1 heterocycles. The van der Waals surface area contributed by atoms with E-state index in [0.29, 0.717) is 12.5 Å². The maximum Gasteiger partial charge on any atom is 0.307 e. The minimum absolute atomic E-state index is 0.106. The lowest BCUT2D eigenvalue weighted by Crippen LogP contribution is -2.40. The van der Waals surface area contributed by atoms with Gasteiger partial charge in [-0.05, 0) is 19.4 Å². The number of piperidine rings is 1. The number of rotatable bonds is 4. The Morgan fingerprint density at radius 1 is 1.64 bits per heavy atom. The molecule has 0 bridgehead atoms. The number of ether oxygens (including phenoxy) is 1. The van der Waals surface area contributed by atoms with E-state index < -0.39 is 0 Å². The first-order valence-corrected chi connectivity index (χ1v) is 5.19. The Kier molecular flexibility index (Phi) is 4.66. The van der Waals surface area contributed by atoms with Crippen LogP contribution in [0.15, 0.2) is 12.7 Å². The van der Waals surface area contributed by atoms with Gasteiger partial charge >= 0.3 is 5.97 Å². The number of carbonyl (C=O) groups is 1.